The van der Waals surface area contributed by atoms with E-state index < -0.39 is 11.3 Å². The molecule has 1 fully saturated rings. The molecule has 1 unspecified atom stereocenters. The summed E-state index contributed by atoms with van der Waals surface area (Å²) < 4.78 is 26.7. The second-order valence-corrected chi connectivity index (χ2v) is 4.30. The van der Waals surface area contributed by atoms with Gasteiger partial charge in [0.05, 0.1) is 22.8 Å². The van der Waals surface area contributed by atoms with Gasteiger partial charge >= 0.3 is 0 Å². The Morgan fingerprint density at radius 3 is 2.81 bits per heavy atom. The van der Waals surface area contributed by atoms with Crippen LogP contribution in [-0.4, -0.2) is 22.4 Å². The van der Waals surface area contributed by atoms with E-state index in [4.69, 9.17) is 5.73 Å². The molecule has 0 aliphatic heterocycles. The minimum Gasteiger partial charge on any atom is -0.345 e. The van der Waals surface area contributed by atoms with E-state index in [0.717, 1.165) is 11.0 Å². The van der Waals surface area contributed by atoms with Gasteiger partial charge in [-0.25, -0.2) is 13.8 Å². The highest BCUT2D eigenvalue weighted by Crippen LogP contribution is 2.60. The van der Waals surface area contributed by atoms with Crippen LogP contribution < -0.4 is 5.73 Å². The summed E-state index contributed by atoms with van der Waals surface area (Å²) in [7, 11) is 0. The average Bonchev–Trinajstić information content (AvgIpc) is 2.63. The van der Waals surface area contributed by atoms with Gasteiger partial charge in [0.2, 0.25) is 0 Å². The Balaban J connectivity index is 2.12. The summed E-state index contributed by atoms with van der Waals surface area (Å²) in [6, 6.07) is 5.15. The van der Waals surface area contributed by atoms with Crippen LogP contribution in [0.1, 0.15) is 12.0 Å². The molecule has 1 atom stereocenters. The standard InChI is InChI=1S/C11H11F2N3/c12-11(13)4-10(11,5-14)7-1-2-8-9(3-7)16-6-15-8/h1-3,6H,4-5,14H2,(H,15,16). The van der Waals surface area contributed by atoms with Crippen LogP contribution in [0.2, 0.25) is 0 Å². The molecule has 1 aromatic heterocycles. The molecule has 0 saturated heterocycles. The lowest BCUT2D eigenvalue weighted by atomic mass is 9.95. The van der Waals surface area contributed by atoms with Crippen LogP contribution in [0.25, 0.3) is 11.0 Å². The Morgan fingerprint density at radius 1 is 1.44 bits per heavy atom. The van der Waals surface area contributed by atoms with Crippen molar-refractivity contribution >= 4 is 11.0 Å². The summed E-state index contributed by atoms with van der Waals surface area (Å²) in [5, 5.41) is 0. The molecular weight excluding hydrogens is 212 g/mol. The summed E-state index contributed by atoms with van der Waals surface area (Å²) >= 11 is 0. The first-order valence-electron chi connectivity index (χ1n) is 5.11. The van der Waals surface area contributed by atoms with Crippen LogP contribution in [0.5, 0.6) is 0 Å². The van der Waals surface area contributed by atoms with Gasteiger partial charge in [0.1, 0.15) is 0 Å². The smallest absolute Gasteiger partial charge is 0.260 e. The normalized spacial score (nSPS) is 27.2. The number of fused-ring (bicyclic) bond motifs is 1. The van der Waals surface area contributed by atoms with Crippen LogP contribution in [0.15, 0.2) is 24.5 Å². The summed E-state index contributed by atoms with van der Waals surface area (Å²) in [4.78, 5) is 6.96. The Bertz CT molecular complexity index is 549. The number of nitrogens with one attached hydrogen (secondary N) is 1. The Morgan fingerprint density at radius 2 is 2.19 bits per heavy atom. The van der Waals surface area contributed by atoms with Gasteiger partial charge in [0.25, 0.3) is 5.92 Å². The summed E-state index contributed by atoms with van der Waals surface area (Å²) in [6.45, 7) is -0.0281. The van der Waals surface area contributed by atoms with E-state index in [-0.39, 0.29) is 13.0 Å². The van der Waals surface area contributed by atoms with E-state index >= 15 is 0 Å². The molecule has 3 N–H and O–H groups in total. The maximum atomic E-state index is 13.4. The molecule has 1 saturated carbocycles. The topological polar surface area (TPSA) is 54.7 Å². The average molecular weight is 223 g/mol. The maximum Gasteiger partial charge on any atom is 0.260 e. The summed E-state index contributed by atoms with van der Waals surface area (Å²) in [5.41, 5.74) is 6.47. The van der Waals surface area contributed by atoms with Gasteiger partial charge in [0, 0.05) is 13.0 Å². The number of hydrogen-bond donors (Lipinski definition) is 2. The number of benzene rings is 1. The van der Waals surface area contributed by atoms with Crippen molar-refractivity contribution < 1.29 is 8.78 Å². The SMILES string of the molecule is NCC1(c2ccc3nc[nH]c3c2)CC1(F)F. The Kier molecular flexibility index (Phi) is 1.70. The molecule has 3 nitrogen and oxygen atoms in total. The molecule has 0 spiro atoms. The van der Waals surface area contributed by atoms with Crippen molar-refractivity contribution in [3.8, 4) is 0 Å². The number of rotatable bonds is 2. The van der Waals surface area contributed by atoms with E-state index in [1.807, 2.05) is 0 Å². The minimum atomic E-state index is -2.67. The van der Waals surface area contributed by atoms with Crippen molar-refractivity contribution in [1.82, 2.24) is 9.97 Å². The van der Waals surface area contributed by atoms with Crippen molar-refractivity contribution in [2.24, 2.45) is 5.73 Å². The third kappa shape index (κ3) is 1.06. The molecule has 16 heavy (non-hydrogen) atoms. The van der Waals surface area contributed by atoms with Gasteiger partial charge in [-0.3, -0.25) is 0 Å². The fourth-order valence-corrected chi connectivity index (χ4v) is 2.22. The highest BCUT2D eigenvalue weighted by molar-refractivity contribution is 5.76. The number of hydrogen-bond acceptors (Lipinski definition) is 2. The lowest BCUT2D eigenvalue weighted by Gasteiger charge is -2.14. The van der Waals surface area contributed by atoms with Gasteiger partial charge in [-0.1, -0.05) is 6.07 Å². The lowest BCUT2D eigenvalue weighted by molar-refractivity contribution is 0.0896. The minimum absolute atomic E-state index is 0.0281. The largest absolute Gasteiger partial charge is 0.345 e. The first-order chi connectivity index (χ1) is 7.59. The van der Waals surface area contributed by atoms with Crippen LogP contribution in [0.4, 0.5) is 8.78 Å². The number of imidazole rings is 1. The van der Waals surface area contributed by atoms with E-state index in [9.17, 15) is 8.78 Å². The van der Waals surface area contributed by atoms with E-state index in [1.165, 1.54) is 0 Å². The first-order valence-corrected chi connectivity index (χ1v) is 5.11. The molecular formula is C11H11F2N3. The molecule has 1 aromatic carbocycles. The second kappa shape index (κ2) is 2.79. The number of nitrogens with zero attached hydrogens (tertiary/aromatic N) is 1. The van der Waals surface area contributed by atoms with E-state index in [0.29, 0.717) is 5.56 Å². The van der Waals surface area contributed by atoms with Gasteiger partial charge in [0.15, 0.2) is 0 Å². The fraction of sp³-hybridized carbons (Fsp3) is 0.364. The van der Waals surface area contributed by atoms with Crippen LogP contribution >= 0.6 is 0 Å². The Labute approximate surface area is 90.7 Å². The quantitative estimate of drug-likeness (QED) is 0.815. The molecule has 1 heterocycles. The van der Waals surface area contributed by atoms with E-state index in [2.05, 4.69) is 9.97 Å². The number of aromatic amines is 1. The second-order valence-electron chi connectivity index (χ2n) is 4.30. The monoisotopic (exact) mass is 223 g/mol. The number of alkyl halides is 2. The van der Waals surface area contributed by atoms with Crippen molar-refractivity contribution in [2.45, 2.75) is 17.8 Å². The number of nitrogens with two attached hydrogens (primary N) is 1. The molecule has 1 aliphatic carbocycles. The van der Waals surface area contributed by atoms with E-state index in [1.54, 1.807) is 24.5 Å². The van der Waals surface area contributed by atoms with Gasteiger partial charge < -0.3 is 10.7 Å². The molecule has 3 rings (SSSR count). The number of halogens is 2. The predicted octanol–water partition coefficient (Wildman–Crippen LogP) is 1.80. The summed E-state index contributed by atoms with van der Waals surface area (Å²) in [6.07, 6.45) is 1.39. The predicted molar refractivity (Wildman–Crippen MR) is 56.4 cm³/mol. The molecule has 2 aromatic rings. The maximum absolute atomic E-state index is 13.4. The molecule has 0 radical (unpaired) electrons. The van der Waals surface area contributed by atoms with Gasteiger partial charge in [-0.15, -0.1) is 0 Å². The highest BCUT2D eigenvalue weighted by atomic mass is 19.3. The number of aromatic nitrogens is 2. The van der Waals surface area contributed by atoms with Crippen LogP contribution in [0.3, 0.4) is 0 Å². The zero-order valence-electron chi connectivity index (χ0n) is 8.50. The molecule has 0 amide bonds. The van der Waals surface area contributed by atoms with Gasteiger partial charge in [-0.2, -0.15) is 0 Å². The highest BCUT2D eigenvalue weighted by Gasteiger charge is 2.71. The third-order valence-corrected chi connectivity index (χ3v) is 3.42. The molecule has 1 aliphatic rings. The zero-order chi connectivity index (χ0) is 11.4. The van der Waals surface area contributed by atoms with Crippen LogP contribution in [0, 0.1) is 0 Å². The van der Waals surface area contributed by atoms with Crippen molar-refractivity contribution in [3.05, 3.63) is 30.1 Å². The lowest BCUT2D eigenvalue weighted by Crippen LogP contribution is -2.26. The fourth-order valence-electron chi connectivity index (χ4n) is 2.22. The van der Waals surface area contributed by atoms with Gasteiger partial charge in [-0.05, 0) is 17.7 Å². The molecule has 5 heteroatoms. The Hall–Kier alpha value is -1.49. The number of H-pyrrole nitrogens is 1. The molecule has 0 bridgehead atoms. The van der Waals surface area contributed by atoms with Crippen molar-refractivity contribution in [1.29, 1.82) is 0 Å². The van der Waals surface area contributed by atoms with Crippen LogP contribution in [-0.2, 0) is 5.41 Å². The van der Waals surface area contributed by atoms with Crippen molar-refractivity contribution in [3.63, 3.8) is 0 Å². The van der Waals surface area contributed by atoms with Crippen molar-refractivity contribution in [2.75, 3.05) is 6.54 Å². The third-order valence-electron chi connectivity index (χ3n) is 3.42. The first kappa shape index (κ1) is 9.72. The summed E-state index contributed by atoms with van der Waals surface area (Å²) in [5.74, 6) is -2.67. The zero-order valence-corrected chi connectivity index (χ0v) is 8.50. The molecule has 84 valence electrons.